The highest BCUT2D eigenvalue weighted by atomic mass is 16.5. The summed E-state index contributed by atoms with van der Waals surface area (Å²) in [5.74, 6) is 0.584. The van der Waals surface area contributed by atoms with E-state index in [0.29, 0.717) is 24.3 Å². The standard InChI is InChI=1S/C20H22N4O3/c1-14-21-17-5-3-4-6-18(17)24(14)12-11-19(25)22-15-7-9-16(10-8-15)23-20(26)13-27-2/h3-10H,11-13H2,1-2H3,(H,22,25)(H,23,26). The minimum Gasteiger partial charge on any atom is -0.375 e. The maximum absolute atomic E-state index is 12.3. The molecule has 2 N–H and O–H groups in total. The van der Waals surface area contributed by atoms with E-state index in [1.807, 2.05) is 35.8 Å². The molecule has 0 saturated heterocycles. The SMILES string of the molecule is COCC(=O)Nc1ccc(NC(=O)CCn2c(C)nc3ccccc32)cc1. The van der Waals surface area contributed by atoms with Gasteiger partial charge in [0.2, 0.25) is 11.8 Å². The Kier molecular flexibility index (Phi) is 5.83. The van der Waals surface area contributed by atoms with E-state index < -0.39 is 0 Å². The van der Waals surface area contributed by atoms with Gasteiger partial charge in [-0.3, -0.25) is 9.59 Å². The van der Waals surface area contributed by atoms with Crippen LogP contribution in [0.25, 0.3) is 11.0 Å². The van der Waals surface area contributed by atoms with E-state index in [1.165, 1.54) is 7.11 Å². The second-order valence-corrected chi connectivity index (χ2v) is 6.16. The number of hydrogen-bond acceptors (Lipinski definition) is 4. The summed E-state index contributed by atoms with van der Waals surface area (Å²) in [6.45, 7) is 2.50. The molecule has 2 aromatic carbocycles. The van der Waals surface area contributed by atoms with Crippen molar-refractivity contribution in [2.24, 2.45) is 0 Å². The molecule has 3 aromatic rings. The van der Waals surface area contributed by atoms with Crippen molar-refractivity contribution in [1.82, 2.24) is 9.55 Å². The number of nitrogens with zero attached hydrogens (tertiary/aromatic N) is 2. The van der Waals surface area contributed by atoms with Gasteiger partial charge in [0.15, 0.2) is 0 Å². The van der Waals surface area contributed by atoms with Crippen LogP contribution in [0.4, 0.5) is 11.4 Å². The quantitative estimate of drug-likeness (QED) is 0.673. The van der Waals surface area contributed by atoms with Crippen LogP contribution in [0.2, 0.25) is 0 Å². The third-order valence-corrected chi connectivity index (χ3v) is 4.14. The van der Waals surface area contributed by atoms with Crippen molar-refractivity contribution >= 4 is 34.2 Å². The molecule has 0 saturated carbocycles. The first kappa shape index (κ1) is 18.6. The van der Waals surface area contributed by atoms with Crippen molar-refractivity contribution < 1.29 is 14.3 Å². The molecular weight excluding hydrogens is 344 g/mol. The summed E-state index contributed by atoms with van der Waals surface area (Å²) in [5, 5.41) is 5.57. The predicted octanol–water partition coefficient (Wildman–Crippen LogP) is 2.96. The molecule has 0 atom stereocenters. The molecule has 1 aromatic heterocycles. The van der Waals surface area contributed by atoms with Crippen LogP contribution in [0.3, 0.4) is 0 Å². The first-order valence-corrected chi connectivity index (χ1v) is 8.67. The van der Waals surface area contributed by atoms with Gasteiger partial charge in [0.1, 0.15) is 12.4 Å². The van der Waals surface area contributed by atoms with Gasteiger partial charge in [0, 0.05) is 31.5 Å². The van der Waals surface area contributed by atoms with E-state index >= 15 is 0 Å². The zero-order valence-corrected chi connectivity index (χ0v) is 15.4. The number of carbonyl (C=O) groups excluding carboxylic acids is 2. The minimum absolute atomic E-state index is 0.000830. The molecule has 0 spiro atoms. The van der Waals surface area contributed by atoms with Crippen molar-refractivity contribution in [3.8, 4) is 0 Å². The Bertz CT molecular complexity index is 948. The zero-order valence-electron chi connectivity index (χ0n) is 15.4. The highest BCUT2D eigenvalue weighted by Gasteiger charge is 2.09. The van der Waals surface area contributed by atoms with Crippen LogP contribution >= 0.6 is 0 Å². The average Bonchev–Trinajstić information content (AvgIpc) is 2.97. The predicted molar refractivity (Wildman–Crippen MR) is 105 cm³/mol. The average molecular weight is 366 g/mol. The molecule has 2 amide bonds. The number of methoxy groups -OCH3 is 1. The topological polar surface area (TPSA) is 85.3 Å². The van der Waals surface area contributed by atoms with Crippen LogP contribution in [-0.4, -0.2) is 35.1 Å². The fraction of sp³-hybridized carbons (Fsp3) is 0.250. The lowest BCUT2D eigenvalue weighted by Crippen LogP contribution is -2.17. The molecule has 0 fully saturated rings. The Morgan fingerprint density at radius 3 is 2.30 bits per heavy atom. The Morgan fingerprint density at radius 1 is 1.00 bits per heavy atom. The molecule has 0 bridgehead atoms. The van der Waals surface area contributed by atoms with Crippen molar-refractivity contribution in [3.05, 3.63) is 54.4 Å². The smallest absolute Gasteiger partial charge is 0.250 e. The third-order valence-electron chi connectivity index (χ3n) is 4.14. The highest BCUT2D eigenvalue weighted by molar-refractivity contribution is 5.93. The van der Waals surface area contributed by atoms with Crippen molar-refractivity contribution in [2.45, 2.75) is 19.9 Å². The molecule has 7 heteroatoms. The zero-order chi connectivity index (χ0) is 19.2. The highest BCUT2D eigenvalue weighted by Crippen LogP contribution is 2.17. The lowest BCUT2D eigenvalue weighted by molar-refractivity contribution is -0.119. The number of rotatable bonds is 7. The molecule has 7 nitrogen and oxygen atoms in total. The molecule has 0 aliphatic heterocycles. The number of para-hydroxylation sites is 2. The molecule has 140 valence electrons. The summed E-state index contributed by atoms with van der Waals surface area (Å²) in [7, 11) is 1.46. The second-order valence-electron chi connectivity index (χ2n) is 6.16. The van der Waals surface area contributed by atoms with Gasteiger partial charge >= 0.3 is 0 Å². The summed E-state index contributed by atoms with van der Waals surface area (Å²) < 4.78 is 6.81. The van der Waals surface area contributed by atoms with Gasteiger partial charge in [-0.2, -0.15) is 0 Å². The van der Waals surface area contributed by atoms with Gasteiger partial charge in [0.05, 0.1) is 11.0 Å². The number of carbonyl (C=O) groups is 2. The summed E-state index contributed by atoms with van der Waals surface area (Å²) >= 11 is 0. The maximum atomic E-state index is 12.3. The first-order chi connectivity index (χ1) is 13.1. The number of benzene rings is 2. The molecule has 3 rings (SSSR count). The number of imidazole rings is 1. The van der Waals surface area contributed by atoms with E-state index in [2.05, 4.69) is 15.6 Å². The lowest BCUT2D eigenvalue weighted by atomic mass is 10.2. The number of hydrogen-bond donors (Lipinski definition) is 2. The number of nitrogens with one attached hydrogen (secondary N) is 2. The fourth-order valence-corrected chi connectivity index (χ4v) is 2.88. The number of anilines is 2. The van der Waals surface area contributed by atoms with E-state index in [1.54, 1.807) is 24.3 Å². The van der Waals surface area contributed by atoms with E-state index in [0.717, 1.165) is 16.9 Å². The van der Waals surface area contributed by atoms with Gasteiger partial charge in [0.25, 0.3) is 0 Å². The number of aromatic nitrogens is 2. The summed E-state index contributed by atoms with van der Waals surface area (Å²) in [6, 6.07) is 14.8. The molecule has 0 aliphatic rings. The maximum Gasteiger partial charge on any atom is 0.250 e. The summed E-state index contributed by atoms with van der Waals surface area (Å²) in [4.78, 5) is 28.3. The van der Waals surface area contributed by atoms with Crippen LogP contribution in [0.15, 0.2) is 48.5 Å². The van der Waals surface area contributed by atoms with Crippen LogP contribution < -0.4 is 10.6 Å². The van der Waals surface area contributed by atoms with Gasteiger partial charge in [-0.05, 0) is 43.3 Å². The molecule has 0 unspecified atom stereocenters. The minimum atomic E-state index is -0.225. The van der Waals surface area contributed by atoms with Crippen LogP contribution in [0.1, 0.15) is 12.2 Å². The Morgan fingerprint density at radius 2 is 1.63 bits per heavy atom. The van der Waals surface area contributed by atoms with Crippen molar-refractivity contribution in [1.29, 1.82) is 0 Å². The normalized spacial score (nSPS) is 10.7. The Labute approximate surface area is 157 Å². The second kappa shape index (κ2) is 8.46. The van der Waals surface area contributed by atoms with Gasteiger partial charge in [-0.1, -0.05) is 12.1 Å². The largest absolute Gasteiger partial charge is 0.375 e. The number of fused-ring (bicyclic) bond motifs is 1. The summed E-state index contributed by atoms with van der Waals surface area (Å²) in [5.41, 5.74) is 3.29. The molecule has 0 aliphatic carbocycles. The number of amides is 2. The molecule has 27 heavy (non-hydrogen) atoms. The van der Waals surface area contributed by atoms with Gasteiger partial charge in [-0.15, -0.1) is 0 Å². The van der Waals surface area contributed by atoms with E-state index in [4.69, 9.17) is 4.74 Å². The van der Waals surface area contributed by atoms with E-state index in [9.17, 15) is 9.59 Å². The monoisotopic (exact) mass is 366 g/mol. The van der Waals surface area contributed by atoms with Crippen LogP contribution in [0, 0.1) is 6.92 Å². The Hall–Kier alpha value is -3.19. The molecule has 0 radical (unpaired) electrons. The van der Waals surface area contributed by atoms with Crippen LogP contribution in [0.5, 0.6) is 0 Å². The first-order valence-electron chi connectivity index (χ1n) is 8.67. The third kappa shape index (κ3) is 4.71. The molecule has 1 heterocycles. The summed E-state index contributed by atoms with van der Waals surface area (Å²) in [6.07, 6.45) is 0.341. The molecular formula is C20H22N4O3. The van der Waals surface area contributed by atoms with Crippen molar-refractivity contribution in [3.63, 3.8) is 0 Å². The number of ether oxygens (including phenoxy) is 1. The van der Waals surface area contributed by atoms with Crippen molar-refractivity contribution in [2.75, 3.05) is 24.4 Å². The van der Waals surface area contributed by atoms with Gasteiger partial charge < -0.3 is 19.9 Å². The van der Waals surface area contributed by atoms with Crippen LogP contribution in [-0.2, 0) is 20.9 Å². The lowest BCUT2D eigenvalue weighted by Gasteiger charge is -2.09. The Balaban J connectivity index is 1.56. The fourth-order valence-electron chi connectivity index (χ4n) is 2.88. The number of aryl methyl sites for hydroxylation is 2. The van der Waals surface area contributed by atoms with E-state index in [-0.39, 0.29) is 18.4 Å². The van der Waals surface area contributed by atoms with Gasteiger partial charge in [-0.25, -0.2) is 4.98 Å².